The van der Waals surface area contributed by atoms with E-state index < -0.39 is 0 Å². The first kappa shape index (κ1) is 18.2. The number of carbonyl (C=O) groups is 1. The predicted molar refractivity (Wildman–Crippen MR) is 104 cm³/mol. The number of hydrogen-bond acceptors (Lipinski definition) is 4. The van der Waals surface area contributed by atoms with Crippen molar-refractivity contribution in [2.24, 2.45) is 0 Å². The minimum atomic E-state index is 0.0642. The lowest BCUT2D eigenvalue weighted by Crippen LogP contribution is -2.27. The van der Waals surface area contributed by atoms with E-state index in [1.54, 1.807) is 11.2 Å². The van der Waals surface area contributed by atoms with Crippen molar-refractivity contribution in [1.82, 2.24) is 19.7 Å². The molecular weight excluding hydrogens is 344 g/mol. The fraction of sp³-hybridized carbons (Fsp3) is 0.250. The van der Waals surface area contributed by atoms with Crippen LogP contribution in [0.5, 0.6) is 0 Å². The lowest BCUT2D eigenvalue weighted by molar-refractivity contribution is -0.127. The van der Waals surface area contributed by atoms with E-state index in [0.717, 1.165) is 22.0 Å². The van der Waals surface area contributed by atoms with Crippen molar-refractivity contribution in [2.45, 2.75) is 25.5 Å². The second-order valence-corrected chi connectivity index (χ2v) is 7.24. The Labute approximate surface area is 158 Å². The largest absolute Gasteiger partial charge is 0.341 e. The molecule has 0 saturated heterocycles. The van der Waals surface area contributed by atoms with Crippen molar-refractivity contribution in [2.75, 3.05) is 12.8 Å². The highest BCUT2D eigenvalue weighted by Crippen LogP contribution is 2.23. The fourth-order valence-electron chi connectivity index (χ4n) is 2.65. The summed E-state index contributed by atoms with van der Waals surface area (Å²) in [4.78, 5) is 14.2. The highest BCUT2D eigenvalue weighted by atomic mass is 32.2. The van der Waals surface area contributed by atoms with E-state index in [9.17, 15) is 4.79 Å². The molecule has 1 aromatic heterocycles. The van der Waals surface area contributed by atoms with Crippen molar-refractivity contribution in [3.63, 3.8) is 0 Å². The van der Waals surface area contributed by atoms with Gasteiger partial charge in [0.25, 0.3) is 0 Å². The van der Waals surface area contributed by atoms with Gasteiger partial charge >= 0.3 is 0 Å². The van der Waals surface area contributed by atoms with E-state index in [-0.39, 0.29) is 5.91 Å². The van der Waals surface area contributed by atoms with Crippen LogP contribution >= 0.6 is 11.8 Å². The van der Waals surface area contributed by atoms with E-state index in [1.807, 2.05) is 41.9 Å². The Morgan fingerprint density at radius 2 is 1.92 bits per heavy atom. The van der Waals surface area contributed by atoms with E-state index in [2.05, 4.69) is 42.2 Å². The third kappa shape index (κ3) is 4.32. The van der Waals surface area contributed by atoms with Crippen LogP contribution in [0.15, 0.2) is 60.0 Å². The van der Waals surface area contributed by atoms with Gasteiger partial charge in [0.15, 0.2) is 5.16 Å². The van der Waals surface area contributed by atoms with Gasteiger partial charge in [-0.05, 0) is 36.6 Å². The third-order valence-electron chi connectivity index (χ3n) is 4.15. The number of thioether (sulfide) groups is 1. The van der Waals surface area contributed by atoms with Crippen molar-refractivity contribution in [3.8, 4) is 5.69 Å². The average molecular weight is 366 g/mol. The van der Waals surface area contributed by atoms with Gasteiger partial charge in [-0.1, -0.05) is 54.2 Å². The molecule has 0 unspecified atom stereocenters. The molecule has 0 bridgehead atoms. The highest BCUT2D eigenvalue weighted by Gasteiger charge is 2.14. The maximum atomic E-state index is 12.5. The predicted octanol–water partition coefficient (Wildman–Crippen LogP) is 3.63. The number of amides is 1. The molecule has 26 heavy (non-hydrogen) atoms. The average Bonchev–Trinajstić information content (AvgIpc) is 3.11. The number of hydrogen-bond donors (Lipinski definition) is 0. The lowest BCUT2D eigenvalue weighted by Gasteiger charge is -2.17. The monoisotopic (exact) mass is 366 g/mol. The van der Waals surface area contributed by atoms with Crippen LogP contribution in [0.25, 0.3) is 5.69 Å². The second-order valence-electron chi connectivity index (χ2n) is 6.30. The molecule has 3 rings (SSSR count). The summed E-state index contributed by atoms with van der Waals surface area (Å²) in [5.41, 5.74) is 4.48. The number of rotatable bonds is 6. The fourth-order valence-corrected chi connectivity index (χ4v) is 3.51. The molecule has 0 spiro atoms. The number of aromatic nitrogens is 3. The summed E-state index contributed by atoms with van der Waals surface area (Å²) in [6, 6.07) is 16.2. The Bertz CT molecular complexity index is 892. The summed E-state index contributed by atoms with van der Waals surface area (Å²) in [6.07, 6.45) is 1.70. The number of carbonyl (C=O) groups excluding carboxylic acids is 1. The van der Waals surface area contributed by atoms with Crippen molar-refractivity contribution in [1.29, 1.82) is 0 Å². The smallest absolute Gasteiger partial charge is 0.233 e. The van der Waals surface area contributed by atoms with E-state index in [1.165, 1.54) is 17.3 Å². The summed E-state index contributed by atoms with van der Waals surface area (Å²) in [5, 5.41) is 8.93. The lowest BCUT2D eigenvalue weighted by atomic mass is 10.1. The number of aryl methyl sites for hydroxylation is 2. The number of benzene rings is 2. The molecule has 1 heterocycles. The van der Waals surface area contributed by atoms with Gasteiger partial charge < -0.3 is 4.90 Å². The molecular formula is C20H22N4OS. The van der Waals surface area contributed by atoms with E-state index >= 15 is 0 Å². The molecule has 1 amide bonds. The van der Waals surface area contributed by atoms with Gasteiger partial charge in [-0.3, -0.25) is 9.36 Å². The van der Waals surface area contributed by atoms with Crippen LogP contribution in [0, 0.1) is 13.8 Å². The van der Waals surface area contributed by atoms with Gasteiger partial charge in [-0.25, -0.2) is 0 Å². The molecule has 5 nitrogen and oxygen atoms in total. The van der Waals surface area contributed by atoms with Crippen LogP contribution in [0.2, 0.25) is 0 Å². The third-order valence-corrected chi connectivity index (χ3v) is 5.08. The minimum Gasteiger partial charge on any atom is -0.341 e. The maximum absolute atomic E-state index is 12.5. The van der Waals surface area contributed by atoms with Crippen LogP contribution < -0.4 is 0 Å². The molecule has 0 atom stereocenters. The van der Waals surface area contributed by atoms with Crippen molar-refractivity contribution < 1.29 is 4.79 Å². The van der Waals surface area contributed by atoms with Crippen LogP contribution in [0.3, 0.4) is 0 Å². The summed E-state index contributed by atoms with van der Waals surface area (Å²) in [5.74, 6) is 0.391. The van der Waals surface area contributed by atoms with Gasteiger partial charge in [0.2, 0.25) is 5.91 Å². The Morgan fingerprint density at radius 3 is 2.69 bits per heavy atom. The zero-order chi connectivity index (χ0) is 18.5. The SMILES string of the molecule is Cc1ccc(C)c(-n2cnnc2SCC(=O)N(C)Cc2ccccc2)c1. The molecule has 0 aliphatic heterocycles. The topological polar surface area (TPSA) is 51.0 Å². The van der Waals surface area contributed by atoms with Crippen molar-refractivity contribution >= 4 is 17.7 Å². The van der Waals surface area contributed by atoms with Crippen LogP contribution in [-0.4, -0.2) is 38.4 Å². The molecule has 3 aromatic rings. The van der Waals surface area contributed by atoms with Gasteiger partial charge in [0, 0.05) is 13.6 Å². The first-order valence-electron chi connectivity index (χ1n) is 8.43. The molecule has 0 aliphatic rings. The van der Waals surface area contributed by atoms with Gasteiger partial charge in [-0.15, -0.1) is 10.2 Å². The molecule has 0 saturated carbocycles. The molecule has 6 heteroatoms. The Kier molecular flexibility index (Phi) is 5.73. The summed E-state index contributed by atoms with van der Waals surface area (Å²) in [7, 11) is 1.82. The zero-order valence-electron chi connectivity index (χ0n) is 15.2. The molecule has 0 aliphatic carbocycles. The van der Waals surface area contributed by atoms with E-state index in [4.69, 9.17) is 0 Å². The van der Waals surface area contributed by atoms with E-state index in [0.29, 0.717) is 12.3 Å². The zero-order valence-corrected chi connectivity index (χ0v) is 16.0. The second kappa shape index (κ2) is 8.19. The Balaban J connectivity index is 1.66. The Hall–Kier alpha value is -2.60. The first-order valence-corrected chi connectivity index (χ1v) is 9.41. The van der Waals surface area contributed by atoms with Crippen LogP contribution in [-0.2, 0) is 11.3 Å². The minimum absolute atomic E-state index is 0.0642. The molecule has 2 aromatic carbocycles. The summed E-state index contributed by atoms with van der Waals surface area (Å²) < 4.78 is 1.94. The summed E-state index contributed by atoms with van der Waals surface area (Å²) >= 11 is 1.41. The normalized spacial score (nSPS) is 10.7. The molecule has 0 N–H and O–H groups in total. The Morgan fingerprint density at radius 1 is 1.15 bits per heavy atom. The molecule has 0 radical (unpaired) electrons. The van der Waals surface area contributed by atoms with Gasteiger partial charge in [0.1, 0.15) is 6.33 Å². The molecule has 0 fully saturated rings. The first-order chi connectivity index (χ1) is 12.5. The standard InChI is InChI=1S/C20H22N4OS/c1-15-9-10-16(2)18(11-15)24-14-21-22-20(24)26-13-19(25)23(3)12-17-7-5-4-6-8-17/h4-11,14H,12-13H2,1-3H3. The van der Waals surface area contributed by atoms with Crippen LogP contribution in [0.1, 0.15) is 16.7 Å². The van der Waals surface area contributed by atoms with Gasteiger partial charge in [-0.2, -0.15) is 0 Å². The highest BCUT2D eigenvalue weighted by molar-refractivity contribution is 7.99. The quantitative estimate of drug-likeness (QED) is 0.625. The summed E-state index contributed by atoms with van der Waals surface area (Å²) in [6.45, 7) is 4.72. The van der Waals surface area contributed by atoms with Crippen LogP contribution in [0.4, 0.5) is 0 Å². The molecule has 134 valence electrons. The van der Waals surface area contributed by atoms with Gasteiger partial charge in [0.05, 0.1) is 11.4 Å². The maximum Gasteiger partial charge on any atom is 0.233 e. The number of nitrogens with zero attached hydrogens (tertiary/aromatic N) is 4. The van der Waals surface area contributed by atoms with Crippen molar-refractivity contribution in [3.05, 3.63) is 71.5 Å².